The Hall–Kier alpha value is -1.06. The Morgan fingerprint density at radius 3 is 2.32 bits per heavy atom. The third-order valence-electron chi connectivity index (χ3n) is 5.57. The monoisotopic (exact) mass is 264 g/mol. The highest BCUT2D eigenvalue weighted by Crippen LogP contribution is 2.49. The third kappa shape index (κ3) is 2.63. The number of nitrogens with two attached hydrogens (primary N) is 1. The minimum Gasteiger partial charge on any atom is -0.369 e. The molecule has 0 radical (unpaired) electrons. The van der Waals surface area contributed by atoms with Crippen LogP contribution in [-0.2, 0) is 9.59 Å². The zero-order chi connectivity index (χ0) is 13.4. The number of nitrogens with zero attached hydrogens (tertiary/aromatic N) is 1. The number of hydrogen-bond acceptors (Lipinski definition) is 2. The van der Waals surface area contributed by atoms with Gasteiger partial charge in [0.1, 0.15) is 0 Å². The molecule has 4 heteroatoms. The third-order valence-corrected chi connectivity index (χ3v) is 5.57. The van der Waals surface area contributed by atoms with Crippen LogP contribution in [0.4, 0.5) is 0 Å². The summed E-state index contributed by atoms with van der Waals surface area (Å²) in [6, 6.07) is 0. The van der Waals surface area contributed by atoms with Crippen molar-refractivity contribution in [1.82, 2.24) is 4.90 Å². The van der Waals surface area contributed by atoms with Crippen LogP contribution < -0.4 is 5.73 Å². The molecule has 0 spiro atoms. The summed E-state index contributed by atoms with van der Waals surface area (Å²) in [4.78, 5) is 25.4. The van der Waals surface area contributed by atoms with E-state index in [0.29, 0.717) is 24.9 Å². The number of piperidine rings is 1. The topological polar surface area (TPSA) is 63.4 Å². The summed E-state index contributed by atoms with van der Waals surface area (Å²) >= 11 is 0. The molecule has 3 atom stereocenters. The van der Waals surface area contributed by atoms with Crippen molar-refractivity contribution in [2.24, 2.45) is 29.4 Å². The van der Waals surface area contributed by atoms with E-state index in [-0.39, 0.29) is 11.8 Å². The van der Waals surface area contributed by atoms with Crippen LogP contribution in [0.5, 0.6) is 0 Å². The average Bonchev–Trinajstić information content (AvgIpc) is 3.01. The van der Waals surface area contributed by atoms with Crippen molar-refractivity contribution in [2.45, 2.75) is 44.9 Å². The molecule has 2 bridgehead atoms. The van der Waals surface area contributed by atoms with Crippen molar-refractivity contribution in [3.05, 3.63) is 0 Å². The Bertz CT molecular complexity index is 374. The normalized spacial score (nSPS) is 34.7. The van der Waals surface area contributed by atoms with Crippen LogP contribution in [0.15, 0.2) is 0 Å². The molecule has 2 saturated carbocycles. The van der Waals surface area contributed by atoms with E-state index in [4.69, 9.17) is 5.73 Å². The van der Waals surface area contributed by atoms with E-state index < -0.39 is 0 Å². The summed E-state index contributed by atoms with van der Waals surface area (Å²) in [7, 11) is 0. The first-order valence-corrected chi connectivity index (χ1v) is 7.70. The van der Waals surface area contributed by atoms with Gasteiger partial charge >= 0.3 is 0 Å². The second kappa shape index (κ2) is 5.14. The van der Waals surface area contributed by atoms with E-state index in [0.717, 1.165) is 31.1 Å². The number of amides is 2. The lowest BCUT2D eigenvalue weighted by Gasteiger charge is -2.32. The van der Waals surface area contributed by atoms with Crippen LogP contribution in [-0.4, -0.2) is 29.8 Å². The number of primary amides is 1. The molecule has 1 saturated heterocycles. The minimum absolute atomic E-state index is 0.0217. The summed E-state index contributed by atoms with van der Waals surface area (Å²) in [6.07, 6.45) is 7.60. The van der Waals surface area contributed by atoms with Gasteiger partial charge in [-0.05, 0) is 49.9 Å². The molecule has 2 aliphatic carbocycles. The number of likely N-dealkylation sites (tertiary alicyclic amines) is 1. The van der Waals surface area contributed by atoms with Gasteiger partial charge in [-0.3, -0.25) is 9.59 Å². The first-order valence-electron chi connectivity index (χ1n) is 7.70. The van der Waals surface area contributed by atoms with E-state index >= 15 is 0 Å². The molecule has 0 aromatic heterocycles. The number of fused-ring (bicyclic) bond motifs is 2. The second-order valence-corrected chi connectivity index (χ2v) is 6.70. The summed E-state index contributed by atoms with van der Waals surface area (Å²) in [5.41, 5.74) is 5.32. The molecule has 2 N–H and O–H groups in total. The fourth-order valence-electron chi connectivity index (χ4n) is 4.39. The largest absolute Gasteiger partial charge is 0.369 e. The molecule has 2 amide bonds. The standard InChI is InChI=1S/C15H24N2O2/c16-15(19)11-3-5-17(6-4-11)14(18)9-13-8-10-1-2-12(13)7-10/h10-13H,1-9H2,(H2,16,19)/t10-,12-,13+/m1/s1. The highest BCUT2D eigenvalue weighted by Gasteiger charge is 2.40. The smallest absolute Gasteiger partial charge is 0.222 e. The van der Waals surface area contributed by atoms with Crippen molar-refractivity contribution in [1.29, 1.82) is 0 Å². The molecule has 1 heterocycles. The van der Waals surface area contributed by atoms with Crippen molar-refractivity contribution in [2.75, 3.05) is 13.1 Å². The SMILES string of the molecule is NC(=O)C1CCN(C(=O)C[C@@H]2C[C@@H]3CC[C@@H]2C3)CC1. The molecule has 0 aromatic carbocycles. The van der Waals surface area contributed by atoms with E-state index in [1.807, 2.05) is 4.90 Å². The summed E-state index contributed by atoms with van der Waals surface area (Å²) in [5, 5.41) is 0. The van der Waals surface area contributed by atoms with E-state index in [1.165, 1.54) is 25.7 Å². The molecule has 1 aliphatic heterocycles. The van der Waals surface area contributed by atoms with Crippen LogP contribution in [0.25, 0.3) is 0 Å². The maximum atomic E-state index is 12.3. The predicted octanol–water partition coefficient (Wildman–Crippen LogP) is 1.54. The van der Waals surface area contributed by atoms with Gasteiger partial charge in [0.25, 0.3) is 0 Å². The van der Waals surface area contributed by atoms with Gasteiger partial charge in [0, 0.05) is 25.4 Å². The minimum atomic E-state index is -0.208. The van der Waals surface area contributed by atoms with Gasteiger partial charge in [0.2, 0.25) is 11.8 Å². The lowest BCUT2D eigenvalue weighted by atomic mass is 9.86. The van der Waals surface area contributed by atoms with Gasteiger partial charge in [-0.1, -0.05) is 6.42 Å². The van der Waals surface area contributed by atoms with Crippen molar-refractivity contribution >= 4 is 11.8 Å². The highest BCUT2D eigenvalue weighted by atomic mass is 16.2. The van der Waals surface area contributed by atoms with Crippen LogP contribution in [0.2, 0.25) is 0 Å². The maximum absolute atomic E-state index is 12.3. The zero-order valence-corrected chi connectivity index (χ0v) is 11.5. The molecular formula is C15H24N2O2. The van der Waals surface area contributed by atoms with Gasteiger partial charge < -0.3 is 10.6 Å². The van der Waals surface area contributed by atoms with Crippen molar-refractivity contribution < 1.29 is 9.59 Å². The average molecular weight is 264 g/mol. The Balaban J connectivity index is 1.48. The maximum Gasteiger partial charge on any atom is 0.222 e. The van der Waals surface area contributed by atoms with E-state index in [9.17, 15) is 9.59 Å². The van der Waals surface area contributed by atoms with Crippen LogP contribution >= 0.6 is 0 Å². The molecule has 3 aliphatic rings. The van der Waals surface area contributed by atoms with E-state index in [1.54, 1.807) is 0 Å². The molecule has 106 valence electrons. The number of carbonyl (C=O) groups excluding carboxylic acids is 2. The quantitative estimate of drug-likeness (QED) is 0.840. The number of rotatable bonds is 3. The highest BCUT2D eigenvalue weighted by molar-refractivity contribution is 5.79. The first kappa shape index (κ1) is 12.9. The molecule has 0 unspecified atom stereocenters. The van der Waals surface area contributed by atoms with Gasteiger partial charge in [0.15, 0.2) is 0 Å². The van der Waals surface area contributed by atoms with Crippen LogP contribution in [0.1, 0.15) is 44.9 Å². The van der Waals surface area contributed by atoms with Crippen LogP contribution in [0, 0.1) is 23.7 Å². The fourth-order valence-corrected chi connectivity index (χ4v) is 4.39. The zero-order valence-electron chi connectivity index (χ0n) is 11.5. The summed E-state index contributed by atoms with van der Waals surface area (Å²) in [5.74, 6) is 2.44. The van der Waals surface area contributed by atoms with Gasteiger partial charge in [-0.15, -0.1) is 0 Å². The Morgan fingerprint density at radius 1 is 1.05 bits per heavy atom. The van der Waals surface area contributed by atoms with Gasteiger partial charge in [0.05, 0.1) is 0 Å². The Kier molecular flexibility index (Phi) is 3.50. The molecule has 0 aromatic rings. The van der Waals surface area contributed by atoms with Crippen molar-refractivity contribution in [3.63, 3.8) is 0 Å². The first-order chi connectivity index (χ1) is 9.13. The number of hydrogen-bond donors (Lipinski definition) is 1. The molecule has 3 fully saturated rings. The molecule has 4 nitrogen and oxygen atoms in total. The van der Waals surface area contributed by atoms with Crippen LogP contribution in [0.3, 0.4) is 0 Å². The Morgan fingerprint density at radius 2 is 1.79 bits per heavy atom. The second-order valence-electron chi connectivity index (χ2n) is 6.70. The summed E-state index contributed by atoms with van der Waals surface area (Å²) < 4.78 is 0. The molecular weight excluding hydrogens is 240 g/mol. The molecule has 19 heavy (non-hydrogen) atoms. The summed E-state index contributed by atoms with van der Waals surface area (Å²) in [6.45, 7) is 1.43. The number of carbonyl (C=O) groups is 2. The fraction of sp³-hybridized carbons (Fsp3) is 0.867. The van der Waals surface area contributed by atoms with Gasteiger partial charge in [-0.25, -0.2) is 0 Å². The predicted molar refractivity (Wildman–Crippen MR) is 72.1 cm³/mol. The Labute approximate surface area is 114 Å². The van der Waals surface area contributed by atoms with Crippen molar-refractivity contribution in [3.8, 4) is 0 Å². The lowest BCUT2D eigenvalue weighted by molar-refractivity contribution is -0.136. The lowest BCUT2D eigenvalue weighted by Crippen LogP contribution is -2.42. The molecule has 3 rings (SSSR count). The van der Waals surface area contributed by atoms with Gasteiger partial charge in [-0.2, -0.15) is 0 Å². The van der Waals surface area contributed by atoms with E-state index in [2.05, 4.69) is 0 Å².